The molecule has 188 valence electrons. The van der Waals surface area contributed by atoms with E-state index in [-0.39, 0.29) is 17.9 Å². The number of rotatable bonds is 6. The van der Waals surface area contributed by atoms with Crippen LogP contribution in [0.2, 0.25) is 0 Å². The molecule has 1 spiro atoms. The standard InChI is InChI=1S/C24H27F3N4O3S/c25-16-1-3-19(4-2-16)35(33,34)31-15-17(26)11-22(31)23(32)29-13-18-12-21(20(27)14-28-18)30-9-7-24(5-6-24)8-10-30/h1-4,12,14,17,22H,5-11,13,15H2,(H,29,32). The summed E-state index contributed by atoms with van der Waals surface area (Å²) in [6.07, 6.45) is 3.87. The van der Waals surface area contributed by atoms with Gasteiger partial charge in [0.25, 0.3) is 0 Å². The van der Waals surface area contributed by atoms with Crippen LogP contribution in [0.15, 0.2) is 41.4 Å². The molecule has 3 aliphatic rings. The highest BCUT2D eigenvalue weighted by molar-refractivity contribution is 7.89. The Morgan fingerprint density at radius 1 is 1.11 bits per heavy atom. The van der Waals surface area contributed by atoms with Gasteiger partial charge in [0.1, 0.15) is 18.0 Å². The van der Waals surface area contributed by atoms with Gasteiger partial charge >= 0.3 is 0 Å². The number of amides is 1. The van der Waals surface area contributed by atoms with E-state index < -0.39 is 46.3 Å². The van der Waals surface area contributed by atoms with E-state index in [4.69, 9.17) is 0 Å². The number of sulfonamides is 1. The second-order valence-corrected chi connectivity index (χ2v) is 11.6. The first-order valence-electron chi connectivity index (χ1n) is 11.8. The lowest BCUT2D eigenvalue weighted by Gasteiger charge is -2.34. The monoisotopic (exact) mass is 508 g/mol. The normalized spacial score (nSPS) is 24.0. The lowest BCUT2D eigenvalue weighted by molar-refractivity contribution is -0.124. The minimum atomic E-state index is -4.20. The maximum Gasteiger partial charge on any atom is 0.243 e. The summed E-state index contributed by atoms with van der Waals surface area (Å²) in [4.78, 5) is 18.7. The number of piperidine rings is 1. The quantitative estimate of drug-likeness (QED) is 0.648. The van der Waals surface area contributed by atoms with Crippen molar-refractivity contribution in [3.8, 4) is 0 Å². The molecule has 2 saturated heterocycles. The number of nitrogens with one attached hydrogen (secondary N) is 1. The molecule has 2 aromatic rings. The number of nitrogens with zero attached hydrogens (tertiary/aromatic N) is 3. The first kappa shape index (κ1) is 24.1. The summed E-state index contributed by atoms with van der Waals surface area (Å²) >= 11 is 0. The van der Waals surface area contributed by atoms with E-state index in [1.165, 1.54) is 12.8 Å². The topological polar surface area (TPSA) is 82.6 Å². The summed E-state index contributed by atoms with van der Waals surface area (Å²) < 4.78 is 68.7. The molecule has 1 saturated carbocycles. The van der Waals surface area contributed by atoms with E-state index in [0.717, 1.165) is 60.7 Å². The number of anilines is 1. The maximum atomic E-state index is 14.5. The van der Waals surface area contributed by atoms with Crippen LogP contribution in [0.5, 0.6) is 0 Å². The van der Waals surface area contributed by atoms with Crippen LogP contribution in [0.25, 0.3) is 0 Å². The number of aromatic nitrogens is 1. The molecule has 3 fully saturated rings. The molecule has 0 radical (unpaired) electrons. The molecule has 7 nitrogen and oxygen atoms in total. The predicted molar refractivity (Wildman–Crippen MR) is 123 cm³/mol. The lowest BCUT2D eigenvalue weighted by Crippen LogP contribution is -2.45. The van der Waals surface area contributed by atoms with E-state index >= 15 is 0 Å². The van der Waals surface area contributed by atoms with E-state index in [9.17, 15) is 26.4 Å². The number of alkyl halides is 1. The molecule has 1 aromatic carbocycles. The third-order valence-electron chi connectivity index (χ3n) is 7.38. The number of halogens is 3. The Labute approximate surface area is 202 Å². The van der Waals surface area contributed by atoms with Crippen molar-refractivity contribution in [3.05, 3.63) is 53.9 Å². The Balaban J connectivity index is 1.26. The number of carbonyl (C=O) groups excluding carboxylic acids is 1. The van der Waals surface area contributed by atoms with Crippen molar-refractivity contribution < 1.29 is 26.4 Å². The van der Waals surface area contributed by atoms with Gasteiger partial charge in [0, 0.05) is 26.1 Å². The van der Waals surface area contributed by atoms with Crippen LogP contribution in [0.1, 0.15) is 37.8 Å². The van der Waals surface area contributed by atoms with Gasteiger partial charge in [-0.3, -0.25) is 9.78 Å². The number of hydrogen-bond acceptors (Lipinski definition) is 5. The van der Waals surface area contributed by atoms with Gasteiger partial charge in [-0.05, 0) is 61.4 Å². The van der Waals surface area contributed by atoms with Gasteiger partial charge in [0.05, 0.1) is 29.0 Å². The minimum Gasteiger partial charge on any atom is -0.369 e. The van der Waals surface area contributed by atoms with Crippen molar-refractivity contribution in [2.75, 3.05) is 24.5 Å². The van der Waals surface area contributed by atoms with Crippen LogP contribution in [0.3, 0.4) is 0 Å². The smallest absolute Gasteiger partial charge is 0.243 e. The third-order valence-corrected chi connectivity index (χ3v) is 9.27. The van der Waals surface area contributed by atoms with Crippen LogP contribution in [0.4, 0.5) is 18.9 Å². The molecule has 11 heteroatoms. The van der Waals surface area contributed by atoms with Crippen LogP contribution in [0, 0.1) is 17.0 Å². The van der Waals surface area contributed by atoms with Crippen molar-refractivity contribution in [1.29, 1.82) is 0 Å². The second-order valence-electron chi connectivity index (χ2n) is 9.71. The molecular formula is C24H27F3N4O3S. The van der Waals surface area contributed by atoms with Crippen LogP contribution in [-0.2, 0) is 21.4 Å². The van der Waals surface area contributed by atoms with E-state index in [1.807, 2.05) is 4.90 Å². The molecule has 2 unspecified atom stereocenters. The van der Waals surface area contributed by atoms with E-state index in [1.54, 1.807) is 6.07 Å². The summed E-state index contributed by atoms with van der Waals surface area (Å²) in [5.74, 6) is -1.71. The van der Waals surface area contributed by atoms with Crippen LogP contribution >= 0.6 is 0 Å². The Hall–Kier alpha value is -2.66. The predicted octanol–water partition coefficient (Wildman–Crippen LogP) is 3.16. The van der Waals surface area contributed by atoms with E-state index in [2.05, 4.69) is 10.3 Å². The van der Waals surface area contributed by atoms with Crippen molar-refractivity contribution in [2.24, 2.45) is 5.41 Å². The van der Waals surface area contributed by atoms with Gasteiger partial charge in [-0.2, -0.15) is 4.31 Å². The fourth-order valence-corrected chi connectivity index (χ4v) is 6.63. The van der Waals surface area contributed by atoms with Crippen LogP contribution in [-0.4, -0.2) is 55.5 Å². The highest BCUT2D eigenvalue weighted by Crippen LogP contribution is 2.54. The maximum absolute atomic E-state index is 14.5. The van der Waals surface area contributed by atoms with Gasteiger partial charge in [0.15, 0.2) is 5.82 Å². The molecule has 2 atom stereocenters. The third kappa shape index (κ3) is 4.88. The average molecular weight is 509 g/mol. The van der Waals surface area contributed by atoms with E-state index in [0.29, 0.717) is 16.8 Å². The number of pyridine rings is 1. The highest BCUT2D eigenvalue weighted by atomic mass is 32.2. The van der Waals surface area contributed by atoms with Gasteiger partial charge in [-0.1, -0.05) is 0 Å². The van der Waals surface area contributed by atoms with Gasteiger partial charge in [-0.15, -0.1) is 0 Å². The molecule has 35 heavy (non-hydrogen) atoms. The first-order chi connectivity index (χ1) is 16.7. The molecular weight excluding hydrogens is 481 g/mol. The molecule has 2 aliphatic heterocycles. The Kier molecular flexibility index (Phi) is 6.25. The van der Waals surface area contributed by atoms with Gasteiger partial charge in [-0.25, -0.2) is 21.6 Å². The fourth-order valence-electron chi connectivity index (χ4n) is 5.01. The zero-order valence-electron chi connectivity index (χ0n) is 19.1. The van der Waals surface area contributed by atoms with Gasteiger partial charge < -0.3 is 10.2 Å². The zero-order chi connectivity index (χ0) is 24.8. The lowest BCUT2D eigenvalue weighted by atomic mass is 9.93. The fraction of sp³-hybridized carbons (Fsp3) is 0.500. The molecule has 1 aromatic heterocycles. The summed E-state index contributed by atoms with van der Waals surface area (Å²) in [5.41, 5.74) is 1.31. The second kappa shape index (κ2) is 9.09. The van der Waals surface area contributed by atoms with Crippen molar-refractivity contribution >= 4 is 21.6 Å². The summed E-state index contributed by atoms with van der Waals surface area (Å²) in [5, 5.41) is 2.62. The van der Waals surface area contributed by atoms with Crippen molar-refractivity contribution in [3.63, 3.8) is 0 Å². The summed E-state index contributed by atoms with van der Waals surface area (Å²) in [6.45, 7) is 1.01. The number of carbonyl (C=O) groups is 1. The molecule has 5 rings (SSSR count). The largest absolute Gasteiger partial charge is 0.369 e. The summed E-state index contributed by atoms with van der Waals surface area (Å²) in [6, 6.07) is 4.50. The Morgan fingerprint density at radius 2 is 1.80 bits per heavy atom. The average Bonchev–Trinajstić information content (AvgIpc) is 3.47. The van der Waals surface area contributed by atoms with Crippen molar-refractivity contribution in [1.82, 2.24) is 14.6 Å². The highest BCUT2D eigenvalue weighted by Gasteiger charge is 2.45. The number of benzene rings is 1. The summed E-state index contributed by atoms with van der Waals surface area (Å²) in [7, 11) is -4.20. The molecule has 1 amide bonds. The SMILES string of the molecule is O=C(NCc1cc(N2CCC3(CC2)CC3)c(F)cn1)C1CC(F)CN1S(=O)(=O)c1ccc(F)cc1. The molecule has 1 aliphatic carbocycles. The Morgan fingerprint density at radius 3 is 2.46 bits per heavy atom. The Bertz CT molecular complexity index is 1210. The molecule has 1 N–H and O–H groups in total. The van der Waals surface area contributed by atoms with Crippen LogP contribution < -0.4 is 10.2 Å². The number of hydrogen-bond donors (Lipinski definition) is 1. The molecule has 3 heterocycles. The van der Waals surface area contributed by atoms with Crippen molar-refractivity contribution in [2.45, 2.75) is 55.8 Å². The minimum absolute atomic E-state index is 0.0538. The first-order valence-corrected chi connectivity index (χ1v) is 13.2. The van der Waals surface area contributed by atoms with Gasteiger partial charge in [0.2, 0.25) is 15.9 Å². The zero-order valence-corrected chi connectivity index (χ0v) is 19.9. The molecule has 0 bridgehead atoms.